The molecule has 0 aliphatic rings. The standard InChI is InChI=1S/C10H7ClF3N3S/c11-7-3-1-6(2-4-7)5-15-9-17-16-8(18-9)10(12,13)14/h1-4H,5H2,(H,15,17). The van der Waals surface area contributed by atoms with E-state index in [1.165, 1.54) is 0 Å². The highest BCUT2D eigenvalue weighted by atomic mass is 35.5. The minimum Gasteiger partial charge on any atom is -0.356 e. The number of aromatic nitrogens is 2. The van der Waals surface area contributed by atoms with Crippen LogP contribution in [0.4, 0.5) is 18.3 Å². The molecule has 2 aromatic rings. The largest absolute Gasteiger partial charge is 0.445 e. The van der Waals surface area contributed by atoms with Crippen molar-refractivity contribution in [2.75, 3.05) is 5.32 Å². The van der Waals surface area contributed by atoms with Gasteiger partial charge in [-0.2, -0.15) is 13.2 Å². The molecule has 1 heterocycles. The van der Waals surface area contributed by atoms with Gasteiger partial charge in [-0.3, -0.25) is 0 Å². The van der Waals surface area contributed by atoms with Gasteiger partial charge in [-0.15, -0.1) is 10.2 Å². The number of hydrogen-bond acceptors (Lipinski definition) is 4. The van der Waals surface area contributed by atoms with E-state index in [0.29, 0.717) is 22.9 Å². The molecule has 0 spiro atoms. The van der Waals surface area contributed by atoms with Gasteiger partial charge in [0, 0.05) is 11.6 Å². The highest BCUT2D eigenvalue weighted by Crippen LogP contribution is 2.33. The van der Waals surface area contributed by atoms with Crippen molar-refractivity contribution in [3.05, 3.63) is 39.9 Å². The predicted octanol–water partition coefficient (Wildman–Crippen LogP) is 3.82. The fourth-order valence-electron chi connectivity index (χ4n) is 1.19. The molecule has 0 saturated heterocycles. The van der Waals surface area contributed by atoms with Gasteiger partial charge < -0.3 is 5.32 Å². The maximum atomic E-state index is 12.3. The van der Waals surface area contributed by atoms with Crippen molar-refractivity contribution < 1.29 is 13.2 Å². The molecule has 0 saturated carbocycles. The maximum Gasteiger partial charge on any atom is 0.445 e. The summed E-state index contributed by atoms with van der Waals surface area (Å²) in [6.45, 7) is 0.365. The van der Waals surface area contributed by atoms with Crippen LogP contribution in [0.2, 0.25) is 5.02 Å². The molecule has 0 atom stereocenters. The average molecular weight is 294 g/mol. The smallest absolute Gasteiger partial charge is 0.356 e. The molecule has 2 rings (SSSR count). The number of hydrogen-bond donors (Lipinski definition) is 1. The topological polar surface area (TPSA) is 37.8 Å². The van der Waals surface area contributed by atoms with Gasteiger partial charge in [-0.1, -0.05) is 35.1 Å². The summed E-state index contributed by atoms with van der Waals surface area (Å²) in [5.74, 6) is 0. The van der Waals surface area contributed by atoms with Crippen LogP contribution in [0.5, 0.6) is 0 Å². The van der Waals surface area contributed by atoms with Gasteiger partial charge in [-0.05, 0) is 17.7 Å². The van der Waals surface area contributed by atoms with Gasteiger partial charge in [0.2, 0.25) is 10.1 Å². The number of alkyl halides is 3. The summed E-state index contributed by atoms with van der Waals surface area (Å²) in [4.78, 5) is 0. The summed E-state index contributed by atoms with van der Waals surface area (Å²) in [6, 6.07) is 6.97. The van der Waals surface area contributed by atoms with E-state index in [2.05, 4.69) is 15.5 Å². The molecule has 1 aromatic carbocycles. The lowest BCUT2D eigenvalue weighted by Crippen LogP contribution is -2.03. The maximum absolute atomic E-state index is 12.3. The zero-order valence-electron chi connectivity index (χ0n) is 8.83. The second-order valence-electron chi connectivity index (χ2n) is 3.39. The van der Waals surface area contributed by atoms with Crippen LogP contribution in [0.3, 0.4) is 0 Å². The molecule has 96 valence electrons. The third-order valence-corrected chi connectivity index (χ3v) is 3.20. The molecule has 0 radical (unpaired) electrons. The lowest BCUT2D eigenvalue weighted by molar-refractivity contribution is -0.138. The zero-order chi connectivity index (χ0) is 13.2. The molecule has 0 aliphatic heterocycles. The van der Waals surface area contributed by atoms with Crippen LogP contribution in [0, 0.1) is 0 Å². The minimum absolute atomic E-state index is 0.136. The van der Waals surface area contributed by atoms with Crippen molar-refractivity contribution in [1.29, 1.82) is 0 Å². The Morgan fingerprint density at radius 1 is 1.17 bits per heavy atom. The quantitative estimate of drug-likeness (QED) is 0.935. The Morgan fingerprint density at radius 2 is 1.83 bits per heavy atom. The van der Waals surface area contributed by atoms with Crippen molar-refractivity contribution in [2.24, 2.45) is 0 Å². The fraction of sp³-hybridized carbons (Fsp3) is 0.200. The van der Waals surface area contributed by atoms with E-state index in [1.54, 1.807) is 24.3 Å². The molecule has 18 heavy (non-hydrogen) atoms. The Bertz CT molecular complexity index is 524. The van der Waals surface area contributed by atoms with Gasteiger partial charge >= 0.3 is 6.18 Å². The van der Waals surface area contributed by atoms with E-state index < -0.39 is 11.2 Å². The van der Waals surface area contributed by atoms with Crippen LogP contribution in [0.1, 0.15) is 10.6 Å². The van der Waals surface area contributed by atoms with Crippen molar-refractivity contribution in [3.8, 4) is 0 Å². The highest BCUT2D eigenvalue weighted by Gasteiger charge is 2.35. The molecule has 0 aliphatic carbocycles. The lowest BCUT2D eigenvalue weighted by Gasteiger charge is -2.02. The molecule has 1 aromatic heterocycles. The number of nitrogens with zero attached hydrogens (tertiary/aromatic N) is 2. The molecular weight excluding hydrogens is 287 g/mol. The number of benzene rings is 1. The first kappa shape index (κ1) is 13.1. The number of anilines is 1. The van der Waals surface area contributed by atoms with E-state index in [0.717, 1.165) is 5.56 Å². The van der Waals surface area contributed by atoms with E-state index in [4.69, 9.17) is 11.6 Å². The number of rotatable bonds is 3. The van der Waals surface area contributed by atoms with Crippen molar-refractivity contribution in [1.82, 2.24) is 10.2 Å². The number of halogens is 4. The van der Waals surface area contributed by atoms with Crippen LogP contribution >= 0.6 is 22.9 Å². The molecule has 0 bridgehead atoms. The first-order valence-corrected chi connectivity index (χ1v) is 6.03. The summed E-state index contributed by atoms with van der Waals surface area (Å²) in [5, 5.41) is 9.06. The normalized spacial score (nSPS) is 11.6. The SMILES string of the molecule is FC(F)(F)c1nnc(NCc2ccc(Cl)cc2)s1. The van der Waals surface area contributed by atoms with Crippen molar-refractivity contribution in [3.63, 3.8) is 0 Å². The molecule has 0 unspecified atom stereocenters. The van der Waals surface area contributed by atoms with Gasteiger partial charge in [0.1, 0.15) is 0 Å². The molecule has 8 heteroatoms. The van der Waals surface area contributed by atoms with Gasteiger partial charge in [-0.25, -0.2) is 0 Å². The molecule has 3 nitrogen and oxygen atoms in total. The first-order chi connectivity index (χ1) is 8.45. The summed E-state index contributed by atoms with van der Waals surface area (Å²) in [7, 11) is 0. The third kappa shape index (κ3) is 3.33. The highest BCUT2D eigenvalue weighted by molar-refractivity contribution is 7.15. The predicted molar refractivity (Wildman–Crippen MR) is 63.7 cm³/mol. The molecule has 0 fully saturated rings. The summed E-state index contributed by atoms with van der Waals surface area (Å²) in [5.41, 5.74) is 0.892. The van der Waals surface area contributed by atoms with E-state index in [9.17, 15) is 13.2 Å². The van der Waals surface area contributed by atoms with Crippen molar-refractivity contribution in [2.45, 2.75) is 12.7 Å². The average Bonchev–Trinajstić information content (AvgIpc) is 2.77. The van der Waals surface area contributed by atoms with Crippen LogP contribution in [-0.2, 0) is 12.7 Å². The molecule has 0 amide bonds. The third-order valence-electron chi connectivity index (χ3n) is 2.02. The lowest BCUT2D eigenvalue weighted by atomic mass is 10.2. The van der Waals surface area contributed by atoms with Crippen LogP contribution in [-0.4, -0.2) is 10.2 Å². The Morgan fingerprint density at radius 3 is 2.39 bits per heavy atom. The first-order valence-electron chi connectivity index (χ1n) is 4.84. The second kappa shape index (κ2) is 5.11. The van der Waals surface area contributed by atoms with E-state index in [1.807, 2.05) is 0 Å². The zero-order valence-corrected chi connectivity index (χ0v) is 10.4. The van der Waals surface area contributed by atoms with Crippen LogP contribution in [0.25, 0.3) is 0 Å². The Hall–Kier alpha value is -1.34. The Kier molecular flexibility index (Phi) is 3.72. The Balaban J connectivity index is 1.98. The van der Waals surface area contributed by atoms with Crippen molar-refractivity contribution >= 4 is 28.1 Å². The van der Waals surface area contributed by atoms with E-state index in [-0.39, 0.29) is 5.13 Å². The van der Waals surface area contributed by atoms with Crippen LogP contribution < -0.4 is 5.32 Å². The summed E-state index contributed by atoms with van der Waals surface area (Å²) < 4.78 is 36.8. The summed E-state index contributed by atoms with van der Waals surface area (Å²) in [6.07, 6.45) is -4.45. The van der Waals surface area contributed by atoms with Gasteiger partial charge in [0.25, 0.3) is 0 Å². The summed E-state index contributed by atoms with van der Waals surface area (Å²) >= 11 is 6.19. The molecule has 1 N–H and O–H groups in total. The number of nitrogens with one attached hydrogen (secondary N) is 1. The fourth-order valence-corrected chi connectivity index (χ4v) is 1.92. The molecular formula is C10H7ClF3N3S. The minimum atomic E-state index is -4.45. The Labute approximate surface area is 110 Å². The van der Waals surface area contributed by atoms with Gasteiger partial charge in [0.05, 0.1) is 0 Å². The van der Waals surface area contributed by atoms with Gasteiger partial charge in [0.15, 0.2) is 0 Å². The second-order valence-corrected chi connectivity index (χ2v) is 4.80. The monoisotopic (exact) mass is 293 g/mol. The van der Waals surface area contributed by atoms with E-state index >= 15 is 0 Å². The van der Waals surface area contributed by atoms with Crippen LogP contribution in [0.15, 0.2) is 24.3 Å².